The summed E-state index contributed by atoms with van der Waals surface area (Å²) in [6.07, 6.45) is -14.1. The molecular formula is C12H21F7NO2S+. The van der Waals surface area contributed by atoms with Gasteiger partial charge in [0, 0.05) is 6.42 Å². The van der Waals surface area contributed by atoms with Crippen LogP contribution < -0.4 is 0 Å². The van der Waals surface area contributed by atoms with Crippen molar-refractivity contribution < 1.29 is 43.6 Å². The molecule has 0 amide bonds. The smallest absolute Gasteiger partial charge is 0.331 e. The van der Waals surface area contributed by atoms with Gasteiger partial charge in [0.25, 0.3) is 5.67 Å². The molecule has 23 heavy (non-hydrogen) atoms. The molecule has 3 nitrogen and oxygen atoms in total. The Kier molecular flexibility index (Phi) is 6.94. The molecule has 0 unspecified atom stereocenters. The molecule has 0 aliphatic carbocycles. The fourth-order valence-electron chi connectivity index (χ4n) is 1.75. The number of rotatable bonds is 8. The van der Waals surface area contributed by atoms with E-state index in [1.165, 1.54) is 0 Å². The molecule has 0 heterocycles. The van der Waals surface area contributed by atoms with Crippen molar-refractivity contribution in [3.63, 3.8) is 0 Å². The van der Waals surface area contributed by atoms with Gasteiger partial charge in [0.2, 0.25) is 0 Å². The first-order valence-electron chi connectivity index (χ1n) is 6.74. The molecular weight excluding hydrogens is 355 g/mol. The van der Waals surface area contributed by atoms with E-state index in [2.05, 4.69) is 0 Å². The number of unbranched alkanes of at least 4 members (excludes halogenated alkanes) is 1. The van der Waals surface area contributed by atoms with Crippen LogP contribution in [0, 0.1) is 0 Å². The van der Waals surface area contributed by atoms with E-state index in [9.17, 15) is 39.2 Å². The van der Waals surface area contributed by atoms with E-state index in [0.29, 0.717) is 17.4 Å². The normalized spacial score (nSPS) is 15.0. The largest absolute Gasteiger partial charge is 0.431 e. The molecule has 0 fully saturated rings. The summed E-state index contributed by atoms with van der Waals surface area (Å²) in [4.78, 5) is 0. The van der Waals surface area contributed by atoms with Crippen LogP contribution in [0.5, 0.6) is 0 Å². The Hall–Kier alpha value is -0.580. The van der Waals surface area contributed by atoms with Crippen LogP contribution in [-0.2, 0) is 9.84 Å². The highest BCUT2D eigenvalue weighted by atomic mass is 32.2. The van der Waals surface area contributed by atoms with Gasteiger partial charge in [-0.3, -0.25) is 0 Å². The second-order valence-electron chi connectivity index (χ2n) is 6.42. The van der Waals surface area contributed by atoms with Crippen LogP contribution in [0.4, 0.5) is 30.7 Å². The van der Waals surface area contributed by atoms with Gasteiger partial charge in [-0.25, -0.2) is 12.8 Å². The first kappa shape index (κ1) is 22.4. The minimum Gasteiger partial charge on any atom is -0.331 e. The predicted molar refractivity (Wildman–Crippen MR) is 71.4 cm³/mol. The quantitative estimate of drug-likeness (QED) is 0.371. The molecule has 0 saturated heterocycles. The van der Waals surface area contributed by atoms with Crippen LogP contribution in [0.3, 0.4) is 0 Å². The molecule has 0 aromatic heterocycles. The summed E-state index contributed by atoms with van der Waals surface area (Å²) in [7, 11) is 1.34. The topological polar surface area (TPSA) is 34.1 Å². The maximum atomic E-state index is 13.4. The van der Waals surface area contributed by atoms with Gasteiger partial charge in [-0.05, 0) is 12.8 Å². The zero-order valence-corrected chi connectivity index (χ0v) is 13.9. The van der Waals surface area contributed by atoms with E-state index in [1.54, 1.807) is 0 Å². The molecule has 11 heteroatoms. The maximum absolute atomic E-state index is 13.4. The summed E-state index contributed by atoms with van der Waals surface area (Å²) in [6, 6.07) is 0. The highest BCUT2D eigenvalue weighted by Gasteiger charge is 2.72. The minimum atomic E-state index is -6.22. The van der Waals surface area contributed by atoms with E-state index >= 15 is 0 Å². The summed E-state index contributed by atoms with van der Waals surface area (Å²) in [5, 5.41) is 0. The van der Waals surface area contributed by atoms with Crippen LogP contribution in [-0.4, -0.2) is 70.1 Å². The lowest BCUT2D eigenvalue weighted by Crippen LogP contribution is -2.54. The van der Waals surface area contributed by atoms with E-state index in [4.69, 9.17) is 0 Å². The first-order valence-corrected chi connectivity index (χ1v) is 8.57. The molecule has 0 atom stereocenters. The lowest BCUT2D eigenvalue weighted by molar-refractivity contribution is -0.870. The summed E-state index contributed by atoms with van der Waals surface area (Å²) < 4.78 is 111. The summed E-state index contributed by atoms with van der Waals surface area (Å²) in [5.41, 5.74) is -5.52. The van der Waals surface area contributed by atoms with Crippen LogP contribution >= 0.6 is 0 Å². The fraction of sp³-hybridized carbons (Fsp3) is 1.00. The Balaban J connectivity index is 4.73. The van der Waals surface area contributed by atoms with Gasteiger partial charge >= 0.3 is 12.4 Å². The van der Waals surface area contributed by atoms with Gasteiger partial charge in [-0.15, -0.1) is 0 Å². The molecule has 0 aromatic rings. The number of quaternary nitrogens is 1. The summed E-state index contributed by atoms with van der Waals surface area (Å²) in [6.45, 7) is 0.591. The van der Waals surface area contributed by atoms with E-state index in [0.717, 1.165) is 0 Å². The van der Waals surface area contributed by atoms with Crippen LogP contribution in [0.15, 0.2) is 0 Å². The van der Waals surface area contributed by atoms with E-state index < -0.39 is 45.8 Å². The van der Waals surface area contributed by atoms with Crippen LogP contribution in [0.2, 0.25) is 0 Å². The zero-order valence-electron chi connectivity index (χ0n) is 13.1. The Labute approximate surface area is 131 Å². The molecule has 0 aromatic carbocycles. The Morgan fingerprint density at radius 2 is 1.22 bits per heavy atom. The van der Waals surface area contributed by atoms with Crippen molar-refractivity contribution in [2.24, 2.45) is 0 Å². The molecule has 0 rings (SSSR count). The molecule has 0 bridgehead atoms. The third-order valence-corrected chi connectivity index (χ3v) is 4.93. The van der Waals surface area contributed by atoms with E-state index in [1.807, 2.05) is 21.1 Å². The Morgan fingerprint density at radius 3 is 1.57 bits per heavy atom. The van der Waals surface area contributed by atoms with Crippen molar-refractivity contribution in [2.75, 3.05) is 39.2 Å². The monoisotopic (exact) mass is 376 g/mol. The predicted octanol–water partition coefficient (Wildman–Crippen LogP) is 3.11. The first-order chi connectivity index (χ1) is 9.91. The Bertz CT molecular complexity index is 463. The van der Waals surface area contributed by atoms with Crippen LogP contribution in [0.1, 0.15) is 19.3 Å². The number of hydrogen-bond donors (Lipinski definition) is 0. The van der Waals surface area contributed by atoms with Crippen molar-refractivity contribution >= 4 is 9.84 Å². The number of alkyl halides is 7. The SMILES string of the molecule is C[N+](C)(C)CCCCS(=O)(=O)CCC(F)(C(F)(F)F)C(F)(F)F. The minimum absolute atomic E-state index is 0.0924. The molecule has 140 valence electrons. The molecule has 0 aliphatic heterocycles. The lowest BCUT2D eigenvalue weighted by atomic mass is 10.0. The lowest BCUT2D eigenvalue weighted by Gasteiger charge is -2.29. The van der Waals surface area contributed by atoms with Crippen molar-refractivity contribution in [2.45, 2.75) is 37.3 Å². The summed E-state index contributed by atoms with van der Waals surface area (Å²) in [5.74, 6) is -2.08. The standard InChI is InChI=1S/C12H21F7NO2S/c1-20(2,3)7-4-5-8-23(21,22)9-6-10(13,11(14,15)16)12(17,18)19/h4-9H2,1-3H3/q+1. The average Bonchev–Trinajstić information content (AvgIpc) is 2.28. The van der Waals surface area contributed by atoms with Crippen LogP contribution in [0.25, 0.3) is 0 Å². The second-order valence-corrected chi connectivity index (χ2v) is 8.72. The summed E-state index contributed by atoms with van der Waals surface area (Å²) >= 11 is 0. The fourth-order valence-corrected chi connectivity index (χ4v) is 3.19. The van der Waals surface area contributed by atoms with Crippen molar-refractivity contribution in [3.8, 4) is 0 Å². The second kappa shape index (κ2) is 7.12. The third-order valence-electron chi connectivity index (χ3n) is 3.19. The highest BCUT2D eigenvalue weighted by Crippen LogP contribution is 2.48. The van der Waals surface area contributed by atoms with E-state index in [-0.39, 0.29) is 6.42 Å². The van der Waals surface area contributed by atoms with Gasteiger partial charge in [0.1, 0.15) is 9.84 Å². The van der Waals surface area contributed by atoms with Crippen molar-refractivity contribution in [3.05, 3.63) is 0 Å². The zero-order chi connectivity index (χ0) is 18.7. The van der Waals surface area contributed by atoms with Gasteiger partial charge in [0.05, 0.1) is 39.2 Å². The number of sulfone groups is 1. The van der Waals surface area contributed by atoms with Gasteiger partial charge in [0.15, 0.2) is 0 Å². The molecule has 0 N–H and O–H groups in total. The highest BCUT2D eigenvalue weighted by molar-refractivity contribution is 7.91. The average molecular weight is 376 g/mol. The number of halogens is 7. The molecule has 0 saturated carbocycles. The van der Waals surface area contributed by atoms with Gasteiger partial charge in [-0.2, -0.15) is 26.3 Å². The molecule has 0 spiro atoms. The third kappa shape index (κ3) is 7.23. The maximum Gasteiger partial charge on any atom is 0.431 e. The Morgan fingerprint density at radius 1 is 0.783 bits per heavy atom. The number of nitrogens with zero attached hydrogens (tertiary/aromatic N) is 1. The molecule has 0 aliphatic rings. The number of hydrogen-bond acceptors (Lipinski definition) is 2. The van der Waals surface area contributed by atoms with Gasteiger partial charge in [-0.1, -0.05) is 0 Å². The molecule has 0 radical (unpaired) electrons. The van der Waals surface area contributed by atoms with Crippen molar-refractivity contribution in [1.29, 1.82) is 0 Å². The van der Waals surface area contributed by atoms with Gasteiger partial charge < -0.3 is 4.48 Å². The van der Waals surface area contributed by atoms with Crippen molar-refractivity contribution in [1.82, 2.24) is 0 Å².